The highest BCUT2D eigenvalue weighted by atomic mass is 16.6. The first-order chi connectivity index (χ1) is 15.1. The number of hydrogen-bond donors (Lipinski definition) is 2. The van der Waals surface area contributed by atoms with Gasteiger partial charge in [-0.1, -0.05) is 27.2 Å². The molecule has 1 aliphatic carbocycles. The second kappa shape index (κ2) is 9.67. The number of urea groups is 1. The van der Waals surface area contributed by atoms with Gasteiger partial charge in [0.1, 0.15) is 12.1 Å². The summed E-state index contributed by atoms with van der Waals surface area (Å²) in [4.78, 5) is 52.8. The molecule has 1 spiro atoms. The van der Waals surface area contributed by atoms with Gasteiger partial charge in [-0.25, -0.2) is 9.59 Å². The number of nitrogens with zero attached hydrogens (tertiary/aromatic N) is 2. The summed E-state index contributed by atoms with van der Waals surface area (Å²) in [7, 11) is 0. The van der Waals surface area contributed by atoms with Gasteiger partial charge in [-0.3, -0.25) is 14.5 Å². The maximum Gasteiger partial charge on any atom is 0.409 e. The summed E-state index contributed by atoms with van der Waals surface area (Å²) in [6.07, 6.45) is 5.01. The van der Waals surface area contributed by atoms with Crippen LogP contribution >= 0.6 is 0 Å². The minimum atomic E-state index is -0.858. The van der Waals surface area contributed by atoms with Gasteiger partial charge in [0.15, 0.2) is 0 Å². The van der Waals surface area contributed by atoms with Crippen molar-refractivity contribution in [3.05, 3.63) is 0 Å². The normalized spacial score (nSPS) is 26.9. The largest absolute Gasteiger partial charge is 0.450 e. The van der Waals surface area contributed by atoms with E-state index in [1.165, 1.54) is 0 Å². The molecular formula is C23H38N4O5. The fourth-order valence-corrected chi connectivity index (χ4v) is 5.18. The van der Waals surface area contributed by atoms with Gasteiger partial charge in [0.25, 0.3) is 5.91 Å². The lowest BCUT2D eigenvalue weighted by Crippen LogP contribution is -2.52. The minimum absolute atomic E-state index is 0.0883. The van der Waals surface area contributed by atoms with Crippen LogP contribution in [-0.4, -0.2) is 71.6 Å². The fourth-order valence-electron chi connectivity index (χ4n) is 5.18. The summed E-state index contributed by atoms with van der Waals surface area (Å²) in [5.74, 6) is -0.0934. The van der Waals surface area contributed by atoms with Crippen LogP contribution in [0.1, 0.15) is 72.6 Å². The summed E-state index contributed by atoms with van der Waals surface area (Å²) < 4.78 is 5.01. The highest BCUT2D eigenvalue weighted by Gasteiger charge is 2.53. The number of piperidine rings is 1. The molecule has 0 bridgehead atoms. The van der Waals surface area contributed by atoms with Gasteiger partial charge < -0.3 is 20.3 Å². The van der Waals surface area contributed by atoms with E-state index in [-0.39, 0.29) is 35.9 Å². The molecule has 2 saturated heterocycles. The Morgan fingerprint density at radius 2 is 1.75 bits per heavy atom. The number of amides is 5. The molecule has 5 amide bonds. The van der Waals surface area contributed by atoms with Gasteiger partial charge in [-0.15, -0.1) is 0 Å². The van der Waals surface area contributed by atoms with Crippen molar-refractivity contribution in [2.75, 3.05) is 26.2 Å². The summed E-state index contributed by atoms with van der Waals surface area (Å²) in [6.45, 7) is 9.55. The third-order valence-electron chi connectivity index (χ3n) is 7.79. The van der Waals surface area contributed by atoms with Gasteiger partial charge >= 0.3 is 12.1 Å². The lowest BCUT2D eigenvalue weighted by molar-refractivity contribution is -0.136. The van der Waals surface area contributed by atoms with E-state index in [1.54, 1.807) is 11.8 Å². The number of hydrogen-bond acceptors (Lipinski definition) is 5. The van der Waals surface area contributed by atoms with Gasteiger partial charge in [0.05, 0.1) is 6.61 Å². The SMILES string of the molecule is CCOC(=O)N1CCC(NC(=O)CN2C(=O)NC3(CCC(C(C)(C)CC)CC3)C2=O)CC1. The predicted molar refractivity (Wildman–Crippen MR) is 119 cm³/mol. The molecule has 1 saturated carbocycles. The van der Waals surface area contributed by atoms with Crippen LogP contribution < -0.4 is 10.6 Å². The lowest BCUT2D eigenvalue weighted by atomic mass is 9.65. The molecule has 2 heterocycles. The number of likely N-dealkylation sites (tertiary alicyclic amines) is 1. The molecule has 2 N–H and O–H groups in total. The summed E-state index contributed by atoms with van der Waals surface area (Å²) in [5.41, 5.74) is -0.641. The standard InChI is InChI=1S/C23H38N4O5/c1-5-22(3,4)16-7-11-23(12-8-16)19(29)27(20(30)25-23)15-18(28)24-17-9-13-26(14-10-17)21(31)32-6-2/h16-17H,5-15H2,1-4H3,(H,24,28)(H,25,30). The smallest absolute Gasteiger partial charge is 0.409 e. The Balaban J connectivity index is 1.50. The topological polar surface area (TPSA) is 108 Å². The molecule has 9 heteroatoms. The molecule has 3 fully saturated rings. The Morgan fingerprint density at radius 1 is 1.12 bits per heavy atom. The lowest BCUT2D eigenvalue weighted by Gasteiger charge is -2.42. The maximum atomic E-state index is 13.1. The number of rotatable bonds is 6. The van der Waals surface area contributed by atoms with Crippen molar-refractivity contribution in [3.63, 3.8) is 0 Å². The average molecular weight is 451 g/mol. The first kappa shape index (κ1) is 24.3. The summed E-state index contributed by atoms with van der Waals surface area (Å²) >= 11 is 0. The molecule has 9 nitrogen and oxygen atoms in total. The zero-order valence-electron chi connectivity index (χ0n) is 19.9. The van der Waals surface area contributed by atoms with Crippen LogP contribution in [0.5, 0.6) is 0 Å². The van der Waals surface area contributed by atoms with Crippen molar-refractivity contribution >= 4 is 23.9 Å². The van der Waals surface area contributed by atoms with Crippen LogP contribution in [0.25, 0.3) is 0 Å². The first-order valence-corrected chi connectivity index (χ1v) is 12.0. The number of ether oxygens (including phenoxy) is 1. The molecule has 180 valence electrons. The van der Waals surface area contributed by atoms with Crippen molar-refractivity contribution in [2.24, 2.45) is 11.3 Å². The molecule has 0 aromatic heterocycles. The number of imide groups is 1. The molecule has 0 aromatic rings. The molecule has 0 unspecified atom stereocenters. The van der Waals surface area contributed by atoms with Crippen LogP contribution in [0.4, 0.5) is 9.59 Å². The van der Waals surface area contributed by atoms with E-state index in [2.05, 4.69) is 31.4 Å². The molecule has 3 aliphatic rings. The zero-order valence-corrected chi connectivity index (χ0v) is 19.9. The van der Waals surface area contributed by atoms with Crippen LogP contribution in [-0.2, 0) is 14.3 Å². The van der Waals surface area contributed by atoms with E-state index in [4.69, 9.17) is 4.74 Å². The van der Waals surface area contributed by atoms with E-state index >= 15 is 0 Å². The Kier molecular flexibility index (Phi) is 7.35. The fraction of sp³-hybridized carbons (Fsp3) is 0.826. The number of carbonyl (C=O) groups excluding carboxylic acids is 4. The second-order valence-electron chi connectivity index (χ2n) is 10.0. The van der Waals surface area contributed by atoms with Crippen molar-refractivity contribution < 1.29 is 23.9 Å². The Morgan fingerprint density at radius 3 is 2.31 bits per heavy atom. The van der Waals surface area contributed by atoms with Crippen LogP contribution in [0.15, 0.2) is 0 Å². The summed E-state index contributed by atoms with van der Waals surface area (Å²) in [6, 6.07) is -0.565. The van der Waals surface area contributed by atoms with E-state index in [0.29, 0.717) is 51.3 Å². The van der Waals surface area contributed by atoms with E-state index in [0.717, 1.165) is 24.2 Å². The third-order valence-corrected chi connectivity index (χ3v) is 7.79. The van der Waals surface area contributed by atoms with Crippen molar-refractivity contribution in [1.82, 2.24) is 20.4 Å². The Labute approximate surface area is 190 Å². The van der Waals surface area contributed by atoms with Gasteiger partial charge in [-0.2, -0.15) is 0 Å². The van der Waals surface area contributed by atoms with E-state index in [1.807, 2.05) is 0 Å². The average Bonchev–Trinajstić information content (AvgIpc) is 2.98. The third kappa shape index (κ3) is 5.02. The van der Waals surface area contributed by atoms with E-state index < -0.39 is 11.6 Å². The molecule has 0 aromatic carbocycles. The molecule has 0 atom stereocenters. The highest BCUT2D eigenvalue weighted by Crippen LogP contribution is 2.45. The van der Waals surface area contributed by atoms with Crippen molar-refractivity contribution in [3.8, 4) is 0 Å². The molecule has 2 aliphatic heterocycles. The van der Waals surface area contributed by atoms with Crippen LogP contribution in [0.3, 0.4) is 0 Å². The van der Waals surface area contributed by atoms with Crippen molar-refractivity contribution in [2.45, 2.75) is 84.2 Å². The Hall–Kier alpha value is -2.32. The first-order valence-electron chi connectivity index (χ1n) is 12.0. The number of carbonyl (C=O) groups is 4. The van der Waals surface area contributed by atoms with Gasteiger partial charge in [-0.05, 0) is 56.8 Å². The van der Waals surface area contributed by atoms with Gasteiger partial charge in [0, 0.05) is 19.1 Å². The molecular weight excluding hydrogens is 412 g/mol. The van der Waals surface area contributed by atoms with Crippen LogP contribution in [0, 0.1) is 11.3 Å². The molecule has 32 heavy (non-hydrogen) atoms. The summed E-state index contributed by atoms with van der Waals surface area (Å²) in [5, 5.41) is 5.81. The van der Waals surface area contributed by atoms with Crippen LogP contribution in [0.2, 0.25) is 0 Å². The minimum Gasteiger partial charge on any atom is -0.450 e. The Bertz CT molecular complexity index is 737. The monoisotopic (exact) mass is 450 g/mol. The highest BCUT2D eigenvalue weighted by molar-refractivity contribution is 6.09. The van der Waals surface area contributed by atoms with E-state index in [9.17, 15) is 19.2 Å². The second-order valence-corrected chi connectivity index (χ2v) is 10.0. The number of nitrogens with one attached hydrogen (secondary N) is 2. The predicted octanol–water partition coefficient (Wildman–Crippen LogP) is 2.64. The zero-order chi connectivity index (χ0) is 23.5. The van der Waals surface area contributed by atoms with Crippen molar-refractivity contribution in [1.29, 1.82) is 0 Å². The maximum absolute atomic E-state index is 13.1. The molecule has 0 radical (unpaired) electrons. The molecule has 3 rings (SSSR count). The quantitative estimate of drug-likeness (QED) is 0.605. The van der Waals surface area contributed by atoms with Gasteiger partial charge in [0.2, 0.25) is 5.91 Å².